The SMILES string of the molecule is O=[N+]([O-])c1ccccc1-c1ccc([C@H]2[C@H](c3ccccn3)NC(=S)N2c2ccccc2O)o1. The van der Waals surface area contributed by atoms with Crippen LogP contribution in [-0.4, -0.2) is 20.1 Å². The molecule has 0 bridgehead atoms. The quantitative estimate of drug-likeness (QED) is 0.241. The van der Waals surface area contributed by atoms with Crippen LogP contribution in [0.25, 0.3) is 11.3 Å². The van der Waals surface area contributed by atoms with Crippen molar-refractivity contribution in [2.24, 2.45) is 0 Å². The van der Waals surface area contributed by atoms with Gasteiger partial charge in [-0.15, -0.1) is 0 Å². The van der Waals surface area contributed by atoms with Gasteiger partial charge >= 0.3 is 0 Å². The van der Waals surface area contributed by atoms with Crippen LogP contribution >= 0.6 is 12.2 Å². The van der Waals surface area contributed by atoms with E-state index >= 15 is 0 Å². The van der Waals surface area contributed by atoms with Gasteiger partial charge < -0.3 is 19.7 Å². The Morgan fingerprint density at radius 1 is 1.03 bits per heavy atom. The Labute approximate surface area is 194 Å². The predicted molar refractivity (Wildman–Crippen MR) is 127 cm³/mol. The molecule has 1 fully saturated rings. The number of phenolic OH excluding ortho intramolecular Hbond substituents is 1. The average Bonchev–Trinajstić information content (AvgIpc) is 3.44. The lowest BCUT2D eigenvalue weighted by Gasteiger charge is -2.26. The molecule has 1 saturated heterocycles. The van der Waals surface area contributed by atoms with Crippen LogP contribution in [0.4, 0.5) is 11.4 Å². The number of phenols is 1. The number of nitrogens with one attached hydrogen (secondary N) is 1. The first kappa shape index (κ1) is 20.7. The molecule has 2 aromatic carbocycles. The molecule has 0 aliphatic carbocycles. The summed E-state index contributed by atoms with van der Waals surface area (Å²) in [5, 5.41) is 25.7. The first-order chi connectivity index (χ1) is 16.0. The number of thiocarbonyl (C=S) groups is 1. The minimum absolute atomic E-state index is 0.0442. The summed E-state index contributed by atoms with van der Waals surface area (Å²) in [5.74, 6) is 0.959. The van der Waals surface area contributed by atoms with Crippen LogP contribution in [0.15, 0.2) is 89.5 Å². The number of nitrogens with zero attached hydrogens (tertiary/aromatic N) is 3. The Balaban J connectivity index is 1.63. The van der Waals surface area contributed by atoms with Crippen molar-refractivity contribution in [1.82, 2.24) is 10.3 Å². The van der Waals surface area contributed by atoms with Gasteiger partial charge in [0.1, 0.15) is 23.3 Å². The zero-order chi connectivity index (χ0) is 22.9. The lowest BCUT2D eigenvalue weighted by Crippen LogP contribution is -2.29. The zero-order valence-electron chi connectivity index (χ0n) is 17.2. The van der Waals surface area contributed by atoms with Crippen molar-refractivity contribution in [3.05, 3.63) is 107 Å². The number of para-hydroxylation sites is 3. The molecule has 0 amide bonds. The summed E-state index contributed by atoms with van der Waals surface area (Å²) in [5.41, 5.74) is 1.59. The van der Waals surface area contributed by atoms with Crippen LogP contribution in [0.1, 0.15) is 23.5 Å². The maximum absolute atomic E-state index is 11.5. The summed E-state index contributed by atoms with van der Waals surface area (Å²) < 4.78 is 6.18. The number of nitro benzene ring substituents is 1. The van der Waals surface area contributed by atoms with E-state index in [4.69, 9.17) is 16.6 Å². The molecule has 0 saturated carbocycles. The summed E-state index contributed by atoms with van der Waals surface area (Å²) in [6.07, 6.45) is 1.70. The van der Waals surface area contributed by atoms with E-state index in [0.717, 1.165) is 5.69 Å². The summed E-state index contributed by atoms with van der Waals surface area (Å²) >= 11 is 5.64. The van der Waals surface area contributed by atoms with E-state index in [1.54, 1.807) is 59.6 Å². The van der Waals surface area contributed by atoms with Crippen molar-refractivity contribution in [3.63, 3.8) is 0 Å². The second-order valence-corrected chi connectivity index (χ2v) is 7.85. The van der Waals surface area contributed by atoms with Crippen LogP contribution in [0.2, 0.25) is 0 Å². The first-order valence-corrected chi connectivity index (χ1v) is 10.6. The van der Waals surface area contributed by atoms with Gasteiger partial charge in [0.25, 0.3) is 5.69 Å². The van der Waals surface area contributed by atoms with Gasteiger partial charge in [-0.1, -0.05) is 30.3 Å². The van der Waals surface area contributed by atoms with Gasteiger partial charge in [-0.05, 0) is 54.7 Å². The van der Waals surface area contributed by atoms with Gasteiger partial charge in [-0.25, -0.2) is 0 Å². The van der Waals surface area contributed by atoms with Gasteiger partial charge in [0.15, 0.2) is 5.11 Å². The van der Waals surface area contributed by atoms with E-state index in [-0.39, 0.29) is 17.5 Å². The van der Waals surface area contributed by atoms with Crippen LogP contribution in [-0.2, 0) is 0 Å². The highest BCUT2D eigenvalue weighted by Crippen LogP contribution is 2.45. The third kappa shape index (κ3) is 3.68. The molecule has 33 heavy (non-hydrogen) atoms. The lowest BCUT2D eigenvalue weighted by atomic mass is 10.0. The third-order valence-corrected chi connectivity index (χ3v) is 5.84. The number of hydrogen-bond donors (Lipinski definition) is 2. The van der Waals surface area contributed by atoms with Gasteiger partial charge in [0.2, 0.25) is 0 Å². The molecular weight excluding hydrogens is 440 g/mol. The van der Waals surface area contributed by atoms with Crippen molar-refractivity contribution in [3.8, 4) is 17.1 Å². The number of nitro groups is 1. The Morgan fingerprint density at radius 2 is 1.79 bits per heavy atom. The van der Waals surface area contributed by atoms with Crippen molar-refractivity contribution in [2.45, 2.75) is 12.1 Å². The third-order valence-electron chi connectivity index (χ3n) is 5.52. The fraction of sp³-hybridized carbons (Fsp3) is 0.0833. The molecule has 4 aromatic rings. The number of rotatable bonds is 5. The Morgan fingerprint density at radius 3 is 2.55 bits per heavy atom. The van der Waals surface area contributed by atoms with E-state index in [1.807, 2.05) is 24.3 Å². The summed E-state index contributed by atoms with van der Waals surface area (Å²) in [4.78, 5) is 17.3. The van der Waals surface area contributed by atoms with E-state index in [0.29, 0.717) is 27.9 Å². The maximum Gasteiger partial charge on any atom is 0.280 e. The molecule has 2 N–H and O–H groups in total. The zero-order valence-corrected chi connectivity index (χ0v) is 18.0. The summed E-state index contributed by atoms with van der Waals surface area (Å²) in [6, 6.07) is 21.5. The van der Waals surface area contributed by atoms with Crippen molar-refractivity contribution >= 4 is 28.7 Å². The number of aromatic nitrogens is 1. The highest BCUT2D eigenvalue weighted by Gasteiger charge is 2.43. The summed E-state index contributed by atoms with van der Waals surface area (Å²) in [6.45, 7) is 0. The van der Waals surface area contributed by atoms with Gasteiger partial charge in [-0.2, -0.15) is 0 Å². The molecule has 1 aliphatic heterocycles. The molecule has 5 rings (SSSR count). The molecule has 164 valence electrons. The highest BCUT2D eigenvalue weighted by molar-refractivity contribution is 7.80. The molecule has 9 heteroatoms. The molecule has 0 unspecified atom stereocenters. The molecule has 8 nitrogen and oxygen atoms in total. The predicted octanol–water partition coefficient (Wildman–Crippen LogP) is 5.13. The molecule has 2 atom stereocenters. The van der Waals surface area contributed by atoms with Crippen molar-refractivity contribution in [2.75, 3.05) is 4.90 Å². The topological polar surface area (TPSA) is 105 Å². The molecule has 0 spiro atoms. The van der Waals surface area contributed by atoms with Gasteiger partial charge in [0.05, 0.1) is 27.9 Å². The Hall–Kier alpha value is -4.24. The monoisotopic (exact) mass is 458 g/mol. The minimum Gasteiger partial charge on any atom is -0.506 e. The van der Waals surface area contributed by atoms with E-state index < -0.39 is 11.0 Å². The number of hydrogen-bond acceptors (Lipinski definition) is 6. The lowest BCUT2D eigenvalue weighted by molar-refractivity contribution is -0.384. The number of benzene rings is 2. The average molecular weight is 458 g/mol. The Bertz CT molecular complexity index is 1340. The van der Waals surface area contributed by atoms with E-state index in [1.165, 1.54) is 6.07 Å². The van der Waals surface area contributed by atoms with E-state index in [2.05, 4.69) is 10.3 Å². The second-order valence-electron chi connectivity index (χ2n) is 7.46. The van der Waals surface area contributed by atoms with Crippen LogP contribution in [0, 0.1) is 10.1 Å². The smallest absolute Gasteiger partial charge is 0.280 e. The number of anilines is 1. The van der Waals surface area contributed by atoms with Crippen LogP contribution in [0.3, 0.4) is 0 Å². The van der Waals surface area contributed by atoms with E-state index in [9.17, 15) is 15.2 Å². The van der Waals surface area contributed by atoms with Crippen molar-refractivity contribution < 1.29 is 14.4 Å². The fourth-order valence-electron chi connectivity index (χ4n) is 4.07. The molecular formula is C24H18N4O4S. The maximum atomic E-state index is 11.5. The molecule has 2 aromatic heterocycles. The van der Waals surface area contributed by atoms with Gasteiger partial charge in [0, 0.05) is 12.3 Å². The first-order valence-electron chi connectivity index (χ1n) is 10.2. The summed E-state index contributed by atoms with van der Waals surface area (Å²) in [7, 11) is 0. The largest absolute Gasteiger partial charge is 0.506 e. The second kappa shape index (κ2) is 8.36. The number of furan rings is 1. The van der Waals surface area contributed by atoms with Crippen molar-refractivity contribution in [1.29, 1.82) is 0 Å². The van der Waals surface area contributed by atoms with Gasteiger partial charge in [-0.3, -0.25) is 15.1 Å². The normalized spacial score (nSPS) is 17.7. The minimum atomic E-state index is -0.489. The highest BCUT2D eigenvalue weighted by atomic mass is 32.1. The van der Waals surface area contributed by atoms with Crippen LogP contribution in [0.5, 0.6) is 5.75 Å². The van der Waals surface area contributed by atoms with Crippen LogP contribution < -0.4 is 10.2 Å². The number of aromatic hydroxyl groups is 1. The number of pyridine rings is 1. The molecule has 0 radical (unpaired) electrons. The molecule has 3 heterocycles. The molecule has 1 aliphatic rings. The fourth-order valence-corrected chi connectivity index (χ4v) is 4.41. The standard InChI is InChI=1S/C24H18N4O4S/c29-19-11-4-3-10-18(19)27-23(22(26-24(27)33)16-8-5-6-14-25-16)21-13-12-20(32-21)15-7-1-2-9-17(15)28(30)31/h1-14,22-23,29H,(H,26,33)/t22-,23-/m0/s1. The Kier molecular flexibility index (Phi) is 5.23.